The number of rotatable bonds is 3. The molecule has 1 aromatic carbocycles. The first-order chi connectivity index (χ1) is 11.3. The van der Waals surface area contributed by atoms with Crippen molar-refractivity contribution in [3.05, 3.63) is 27.6 Å². The number of hydrogen-bond acceptors (Lipinski definition) is 6. The number of thioether (sulfide) groups is 1. The predicted octanol–water partition coefficient (Wildman–Crippen LogP) is 2.38. The fraction of sp³-hybridized carbons (Fsp3) is 0.200. The number of hydrogen-bond donors (Lipinski definition) is 1. The van der Waals surface area contributed by atoms with Crippen molar-refractivity contribution in [1.82, 2.24) is 5.32 Å². The van der Waals surface area contributed by atoms with Crippen molar-refractivity contribution in [1.29, 1.82) is 0 Å². The van der Waals surface area contributed by atoms with Crippen LogP contribution in [0.15, 0.2) is 22.0 Å². The van der Waals surface area contributed by atoms with E-state index in [9.17, 15) is 14.4 Å². The van der Waals surface area contributed by atoms with Crippen molar-refractivity contribution in [3.8, 4) is 11.5 Å². The van der Waals surface area contributed by atoms with Gasteiger partial charge < -0.3 is 14.8 Å². The minimum atomic E-state index is -0.531. The van der Waals surface area contributed by atoms with Gasteiger partial charge in [0.1, 0.15) is 0 Å². The SMILES string of the molecule is COc1cc(C=C2SC(NC(C)=O)=NC2=O)cc(Cl)c1OC(C)=O. The third-order valence-corrected chi connectivity index (χ3v) is 3.88. The zero-order valence-electron chi connectivity index (χ0n) is 13.0. The molecule has 1 aliphatic rings. The van der Waals surface area contributed by atoms with Gasteiger partial charge in [-0.15, -0.1) is 0 Å². The van der Waals surface area contributed by atoms with Crippen molar-refractivity contribution in [3.63, 3.8) is 0 Å². The Morgan fingerprint density at radius 1 is 1.33 bits per heavy atom. The number of methoxy groups -OCH3 is 1. The van der Waals surface area contributed by atoms with E-state index in [0.29, 0.717) is 10.5 Å². The molecule has 0 bridgehead atoms. The highest BCUT2D eigenvalue weighted by molar-refractivity contribution is 8.18. The van der Waals surface area contributed by atoms with Crippen LogP contribution in [0, 0.1) is 0 Å². The molecule has 0 aromatic heterocycles. The van der Waals surface area contributed by atoms with Crippen LogP contribution >= 0.6 is 23.4 Å². The molecule has 0 saturated carbocycles. The lowest BCUT2D eigenvalue weighted by Gasteiger charge is -2.11. The molecule has 2 rings (SSSR count). The number of aliphatic imine (C=N–C) groups is 1. The molecule has 0 saturated heterocycles. The maximum absolute atomic E-state index is 11.9. The van der Waals surface area contributed by atoms with Crippen LogP contribution in [0.2, 0.25) is 5.02 Å². The Kier molecular flexibility index (Phi) is 5.63. The van der Waals surface area contributed by atoms with Crippen molar-refractivity contribution in [2.24, 2.45) is 4.99 Å². The smallest absolute Gasteiger partial charge is 0.308 e. The van der Waals surface area contributed by atoms with E-state index < -0.39 is 11.9 Å². The third kappa shape index (κ3) is 4.36. The minimum absolute atomic E-state index is 0.106. The summed E-state index contributed by atoms with van der Waals surface area (Å²) in [6.45, 7) is 2.58. The molecule has 126 valence electrons. The highest BCUT2D eigenvalue weighted by atomic mass is 35.5. The summed E-state index contributed by atoms with van der Waals surface area (Å²) in [4.78, 5) is 38.0. The van der Waals surface area contributed by atoms with Gasteiger partial charge >= 0.3 is 5.97 Å². The molecular formula is C15H13ClN2O5S. The Balaban J connectivity index is 2.31. The molecule has 0 radical (unpaired) electrons. The van der Waals surface area contributed by atoms with Crippen molar-refractivity contribution < 1.29 is 23.9 Å². The number of halogens is 1. The van der Waals surface area contributed by atoms with Crippen molar-refractivity contribution in [2.75, 3.05) is 7.11 Å². The molecule has 1 N–H and O–H groups in total. The summed E-state index contributed by atoms with van der Waals surface area (Å²) < 4.78 is 10.2. The summed E-state index contributed by atoms with van der Waals surface area (Å²) in [6.07, 6.45) is 1.55. The van der Waals surface area contributed by atoms with Gasteiger partial charge in [0.2, 0.25) is 5.91 Å². The summed E-state index contributed by atoms with van der Waals surface area (Å²) in [7, 11) is 1.41. The van der Waals surface area contributed by atoms with E-state index in [1.54, 1.807) is 12.1 Å². The zero-order chi connectivity index (χ0) is 17.9. The third-order valence-electron chi connectivity index (χ3n) is 2.70. The summed E-state index contributed by atoms with van der Waals surface area (Å²) in [5.74, 6) is -0.956. The molecule has 1 aliphatic heterocycles. The monoisotopic (exact) mass is 368 g/mol. The van der Waals surface area contributed by atoms with Gasteiger partial charge in [-0.25, -0.2) is 0 Å². The highest BCUT2D eigenvalue weighted by Crippen LogP contribution is 2.38. The van der Waals surface area contributed by atoms with E-state index in [2.05, 4.69) is 10.3 Å². The van der Waals surface area contributed by atoms with Crippen molar-refractivity contribution in [2.45, 2.75) is 13.8 Å². The second-order valence-electron chi connectivity index (χ2n) is 4.64. The van der Waals surface area contributed by atoms with Crippen LogP contribution in [0.25, 0.3) is 6.08 Å². The van der Waals surface area contributed by atoms with Crippen LogP contribution in [-0.4, -0.2) is 30.1 Å². The number of carbonyl (C=O) groups excluding carboxylic acids is 3. The van der Waals surface area contributed by atoms with E-state index in [1.807, 2.05) is 0 Å². The summed E-state index contributed by atoms with van der Waals surface area (Å²) in [6, 6.07) is 3.10. The van der Waals surface area contributed by atoms with Crippen LogP contribution in [0.3, 0.4) is 0 Å². The summed E-state index contributed by atoms with van der Waals surface area (Å²) >= 11 is 7.15. The van der Waals surface area contributed by atoms with Gasteiger partial charge in [0, 0.05) is 13.8 Å². The lowest BCUT2D eigenvalue weighted by atomic mass is 10.2. The van der Waals surface area contributed by atoms with E-state index >= 15 is 0 Å². The van der Waals surface area contributed by atoms with Gasteiger partial charge in [0.25, 0.3) is 5.91 Å². The molecule has 0 spiro atoms. The summed E-state index contributed by atoms with van der Waals surface area (Å²) in [5.41, 5.74) is 0.558. The molecular weight excluding hydrogens is 356 g/mol. The van der Waals surface area contributed by atoms with Gasteiger partial charge in [-0.3, -0.25) is 14.4 Å². The van der Waals surface area contributed by atoms with Crippen LogP contribution in [0.5, 0.6) is 11.5 Å². The second-order valence-corrected chi connectivity index (χ2v) is 6.08. The van der Waals surface area contributed by atoms with Crippen LogP contribution < -0.4 is 14.8 Å². The Bertz CT molecular complexity index is 788. The van der Waals surface area contributed by atoms with Gasteiger partial charge in [-0.1, -0.05) is 11.6 Å². The standard InChI is InChI=1S/C15H13ClN2O5S/c1-7(19)17-15-18-14(21)12(24-15)6-9-4-10(16)13(23-8(2)20)11(5-9)22-3/h4-6H,1-3H3,(H,17,18,19,21). The Morgan fingerprint density at radius 3 is 2.62 bits per heavy atom. The molecule has 7 nitrogen and oxygen atoms in total. The lowest BCUT2D eigenvalue weighted by molar-refractivity contribution is -0.132. The normalized spacial score (nSPS) is 15.2. The summed E-state index contributed by atoms with van der Waals surface area (Å²) in [5, 5.41) is 2.83. The molecule has 0 atom stereocenters. The fourth-order valence-electron chi connectivity index (χ4n) is 1.83. The van der Waals surface area contributed by atoms with Gasteiger partial charge in [0.05, 0.1) is 17.0 Å². The highest BCUT2D eigenvalue weighted by Gasteiger charge is 2.23. The molecule has 24 heavy (non-hydrogen) atoms. The van der Waals surface area contributed by atoms with Crippen LogP contribution in [0.4, 0.5) is 0 Å². The number of nitrogens with zero attached hydrogens (tertiary/aromatic N) is 1. The van der Waals surface area contributed by atoms with Crippen LogP contribution in [-0.2, 0) is 14.4 Å². The molecule has 9 heteroatoms. The Morgan fingerprint density at radius 2 is 2.04 bits per heavy atom. The first kappa shape index (κ1) is 18.0. The molecule has 0 aliphatic carbocycles. The van der Waals surface area contributed by atoms with Gasteiger partial charge in [-0.2, -0.15) is 4.99 Å². The quantitative estimate of drug-likeness (QED) is 0.500. The topological polar surface area (TPSA) is 94.1 Å². The molecule has 2 amide bonds. The van der Waals surface area contributed by atoms with E-state index in [-0.39, 0.29) is 27.6 Å². The number of benzene rings is 1. The largest absolute Gasteiger partial charge is 0.493 e. The molecule has 0 fully saturated rings. The molecule has 0 unspecified atom stereocenters. The number of carbonyl (C=O) groups is 3. The average molecular weight is 369 g/mol. The van der Waals surface area contributed by atoms with E-state index in [1.165, 1.54) is 27.0 Å². The van der Waals surface area contributed by atoms with E-state index in [0.717, 1.165) is 11.8 Å². The zero-order valence-corrected chi connectivity index (χ0v) is 14.6. The Hall–Kier alpha value is -2.32. The predicted molar refractivity (Wildman–Crippen MR) is 91.1 cm³/mol. The first-order valence-corrected chi connectivity index (χ1v) is 7.85. The van der Waals surface area contributed by atoms with Gasteiger partial charge in [-0.05, 0) is 35.5 Å². The number of nitrogens with one attached hydrogen (secondary N) is 1. The number of ether oxygens (including phenoxy) is 2. The number of esters is 1. The minimum Gasteiger partial charge on any atom is -0.493 e. The Labute approximate surface area is 147 Å². The molecule has 1 heterocycles. The van der Waals surface area contributed by atoms with E-state index in [4.69, 9.17) is 21.1 Å². The lowest BCUT2D eigenvalue weighted by Crippen LogP contribution is -2.23. The molecule has 1 aromatic rings. The second kappa shape index (κ2) is 7.50. The van der Waals surface area contributed by atoms with Crippen molar-refractivity contribution >= 4 is 52.4 Å². The average Bonchev–Trinajstić information content (AvgIpc) is 2.80. The number of amides is 2. The van der Waals surface area contributed by atoms with Crippen LogP contribution in [0.1, 0.15) is 19.4 Å². The maximum Gasteiger partial charge on any atom is 0.308 e. The first-order valence-electron chi connectivity index (χ1n) is 6.66. The number of amidine groups is 1. The maximum atomic E-state index is 11.9. The van der Waals surface area contributed by atoms with Gasteiger partial charge in [0.15, 0.2) is 16.7 Å². The fourth-order valence-corrected chi connectivity index (χ4v) is 2.95.